The van der Waals surface area contributed by atoms with Crippen LogP contribution < -0.4 is 0 Å². The van der Waals surface area contributed by atoms with Gasteiger partial charge < -0.3 is 0 Å². The predicted molar refractivity (Wildman–Crippen MR) is 80.0 cm³/mol. The number of sulfonamides is 1. The Hall–Kier alpha value is -0.420. The summed E-state index contributed by atoms with van der Waals surface area (Å²) in [5.74, 6) is 1.32. The first-order valence-electron chi connectivity index (χ1n) is 7.92. The van der Waals surface area contributed by atoms with E-state index in [2.05, 4.69) is 0 Å². The minimum Gasteiger partial charge on any atom is -0.300 e. The molecule has 1 heterocycles. The van der Waals surface area contributed by atoms with Gasteiger partial charge in [0, 0.05) is 25.9 Å². The maximum atomic E-state index is 12.1. The van der Waals surface area contributed by atoms with Gasteiger partial charge in [0.1, 0.15) is 5.78 Å². The van der Waals surface area contributed by atoms with Gasteiger partial charge in [-0.1, -0.05) is 25.7 Å². The van der Waals surface area contributed by atoms with Crippen molar-refractivity contribution in [3.63, 3.8) is 0 Å². The molecular weight excluding hydrogens is 274 g/mol. The molecule has 0 aromatic heterocycles. The van der Waals surface area contributed by atoms with Gasteiger partial charge in [-0.15, -0.1) is 0 Å². The monoisotopic (exact) mass is 301 g/mol. The third-order valence-electron chi connectivity index (χ3n) is 4.77. The van der Waals surface area contributed by atoms with Crippen molar-refractivity contribution in [2.45, 2.75) is 57.8 Å². The van der Waals surface area contributed by atoms with E-state index < -0.39 is 10.0 Å². The van der Waals surface area contributed by atoms with Gasteiger partial charge >= 0.3 is 0 Å². The third-order valence-corrected chi connectivity index (χ3v) is 6.04. The van der Waals surface area contributed by atoms with Crippen molar-refractivity contribution >= 4 is 15.8 Å². The van der Waals surface area contributed by atoms with Crippen molar-refractivity contribution in [2.24, 2.45) is 11.8 Å². The minimum absolute atomic E-state index is 0.231. The van der Waals surface area contributed by atoms with Crippen LogP contribution in [0.4, 0.5) is 0 Å². The highest BCUT2D eigenvalue weighted by Crippen LogP contribution is 2.29. The van der Waals surface area contributed by atoms with Crippen molar-refractivity contribution < 1.29 is 13.2 Å². The van der Waals surface area contributed by atoms with E-state index in [0.29, 0.717) is 31.7 Å². The maximum Gasteiger partial charge on any atom is 0.211 e. The lowest BCUT2D eigenvalue weighted by Gasteiger charge is -2.30. The number of Topliss-reactive ketones (excluding diaryl/α,β-unsaturated/α-hetero) is 1. The van der Waals surface area contributed by atoms with E-state index in [4.69, 9.17) is 0 Å². The number of hydrogen-bond acceptors (Lipinski definition) is 3. The van der Waals surface area contributed by atoms with Gasteiger partial charge in [-0.25, -0.2) is 12.7 Å². The molecule has 1 atom stereocenters. The number of rotatable bonds is 6. The summed E-state index contributed by atoms with van der Waals surface area (Å²) in [6.07, 6.45) is 10.7. The quantitative estimate of drug-likeness (QED) is 0.757. The summed E-state index contributed by atoms with van der Waals surface area (Å²) in [5, 5.41) is 0. The Morgan fingerprint density at radius 3 is 2.40 bits per heavy atom. The van der Waals surface area contributed by atoms with Crippen LogP contribution in [0.3, 0.4) is 0 Å². The first-order valence-corrected chi connectivity index (χ1v) is 9.77. The van der Waals surface area contributed by atoms with Gasteiger partial charge in [0.05, 0.1) is 6.26 Å². The van der Waals surface area contributed by atoms with Crippen molar-refractivity contribution in [3.8, 4) is 0 Å². The molecule has 2 fully saturated rings. The zero-order valence-electron chi connectivity index (χ0n) is 12.5. The van der Waals surface area contributed by atoms with Crippen molar-refractivity contribution in [2.75, 3.05) is 19.3 Å². The van der Waals surface area contributed by atoms with E-state index >= 15 is 0 Å². The van der Waals surface area contributed by atoms with Crippen LogP contribution in [0.2, 0.25) is 0 Å². The summed E-state index contributed by atoms with van der Waals surface area (Å²) >= 11 is 0. The Labute approximate surface area is 123 Å². The lowest BCUT2D eigenvalue weighted by Crippen LogP contribution is -2.39. The highest BCUT2D eigenvalue weighted by atomic mass is 32.2. The van der Waals surface area contributed by atoms with Crippen LogP contribution in [0.15, 0.2) is 0 Å². The molecule has 20 heavy (non-hydrogen) atoms. The van der Waals surface area contributed by atoms with Crippen molar-refractivity contribution in [1.82, 2.24) is 4.31 Å². The van der Waals surface area contributed by atoms with E-state index in [9.17, 15) is 13.2 Å². The SMILES string of the molecule is CS(=O)(=O)N1CCCC(CC(=O)CCC2CCCC2)C1. The van der Waals surface area contributed by atoms with Crippen LogP contribution in [0.5, 0.6) is 0 Å². The van der Waals surface area contributed by atoms with Crippen molar-refractivity contribution in [1.29, 1.82) is 0 Å². The molecule has 1 saturated carbocycles. The van der Waals surface area contributed by atoms with Crippen LogP contribution in [-0.2, 0) is 14.8 Å². The van der Waals surface area contributed by atoms with E-state index in [1.165, 1.54) is 36.2 Å². The van der Waals surface area contributed by atoms with E-state index in [0.717, 1.165) is 25.2 Å². The topological polar surface area (TPSA) is 54.5 Å². The Balaban J connectivity index is 1.73. The third kappa shape index (κ3) is 4.85. The van der Waals surface area contributed by atoms with E-state index in [1.807, 2.05) is 0 Å². The van der Waals surface area contributed by atoms with E-state index in [-0.39, 0.29) is 5.92 Å². The highest BCUT2D eigenvalue weighted by Gasteiger charge is 2.27. The van der Waals surface area contributed by atoms with Gasteiger partial charge in [-0.2, -0.15) is 0 Å². The molecule has 0 aromatic rings. The fourth-order valence-electron chi connectivity index (χ4n) is 3.58. The zero-order valence-corrected chi connectivity index (χ0v) is 13.3. The Morgan fingerprint density at radius 1 is 1.10 bits per heavy atom. The Morgan fingerprint density at radius 2 is 1.75 bits per heavy atom. The molecule has 1 aliphatic carbocycles. The second-order valence-electron chi connectivity index (χ2n) is 6.56. The molecule has 0 aromatic carbocycles. The van der Waals surface area contributed by atoms with Crippen LogP contribution in [0.25, 0.3) is 0 Å². The minimum atomic E-state index is -3.10. The van der Waals surface area contributed by atoms with Gasteiger partial charge in [-0.05, 0) is 31.1 Å². The molecule has 2 rings (SSSR count). The lowest BCUT2D eigenvalue weighted by atomic mass is 9.91. The van der Waals surface area contributed by atoms with Crippen LogP contribution in [0.1, 0.15) is 57.8 Å². The molecule has 0 amide bonds. The average molecular weight is 301 g/mol. The van der Waals surface area contributed by atoms with Gasteiger partial charge in [-0.3, -0.25) is 4.79 Å². The summed E-state index contributed by atoms with van der Waals surface area (Å²) in [5.41, 5.74) is 0. The van der Waals surface area contributed by atoms with Gasteiger partial charge in [0.25, 0.3) is 0 Å². The standard InChI is InChI=1S/C15H27NO3S/c1-20(18,19)16-10-4-7-14(12-16)11-15(17)9-8-13-5-2-3-6-13/h13-14H,2-12H2,1H3. The number of piperidine rings is 1. The summed E-state index contributed by atoms with van der Waals surface area (Å²) in [6, 6.07) is 0. The van der Waals surface area contributed by atoms with Crippen LogP contribution in [-0.4, -0.2) is 37.9 Å². The average Bonchev–Trinajstić information content (AvgIpc) is 2.89. The molecule has 4 nitrogen and oxygen atoms in total. The molecule has 0 spiro atoms. The smallest absolute Gasteiger partial charge is 0.211 e. The zero-order chi connectivity index (χ0) is 14.6. The summed E-state index contributed by atoms with van der Waals surface area (Å²) in [4.78, 5) is 12.1. The van der Waals surface area contributed by atoms with Gasteiger partial charge in [0.2, 0.25) is 10.0 Å². The molecule has 116 valence electrons. The molecule has 1 aliphatic heterocycles. The Bertz CT molecular complexity index is 426. The lowest BCUT2D eigenvalue weighted by molar-refractivity contribution is -0.120. The molecule has 0 bridgehead atoms. The molecule has 2 aliphatic rings. The fraction of sp³-hybridized carbons (Fsp3) is 0.933. The summed E-state index contributed by atoms with van der Waals surface area (Å²) in [6.45, 7) is 1.15. The molecule has 0 N–H and O–H groups in total. The molecule has 1 unspecified atom stereocenters. The van der Waals surface area contributed by atoms with Crippen LogP contribution in [0, 0.1) is 11.8 Å². The largest absolute Gasteiger partial charge is 0.300 e. The fourth-order valence-corrected chi connectivity index (χ4v) is 4.53. The normalized spacial score (nSPS) is 25.9. The van der Waals surface area contributed by atoms with Gasteiger partial charge in [0.15, 0.2) is 0 Å². The molecule has 0 radical (unpaired) electrons. The predicted octanol–water partition coefficient (Wildman–Crippen LogP) is 2.59. The van der Waals surface area contributed by atoms with E-state index in [1.54, 1.807) is 0 Å². The summed E-state index contributed by atoms with van der Waals surface area (Å²) in [7, 11) is -3.10. The second kappa shape index (κ2) is 7.03. The van der Waals surface area contributed by atoms with Crippen molar-refractivity contribution in [3.05, 3.63) is 0 Å². The molecule has 5 heteroatoms. The maximum absolute atomic E-state index is 12.1. The molecule has 1 saturated heterocycles. The number of hydrogen-bond donors (Lipinski definition) is 0. The number of nitrogens with zero attached hydrogens (tertiary/aromatic N) is 1. The highest BCUT2D eigenvalue weighted by molar-refractivity contribution is 7.88. The first kappa shape index (κ1) is 16.0. The first-order chi connectivity index (χ1) is 9.45. The number of ketones is 1. The summed E-state index contributed by atoms with van der Waals surface area (Å²) < 4.78 is 24.6. The number of carbonyl (C=O) groups is 1. The molecular formula is C15H27NO3S. The van der Waals surface area contributed by atoms with Crippen LogP contribution >= 0.6 is 0 Å². The second-order valence-corrected chi connectivity index (χ2v) is 8.54. The number of carbonyl (C=O) groups excluding carboxylic acids is 1. The Kier molecular flexibility index (Phi) is 5.61.